The van der Waals surface area contributed by atoms with E-state index in [1.165, 1.54) is 12.8 Å². The second-order valence-corrected chi connectivity index (χ2v) is 5.27. The molecule has 1 saturated carbocycles. The van der Waals surface area contributed by atoms with Gasteiger partial charge in [-0.1, -0.05) is 6.07 Å². The fraction of sp³-hybridized carbons (Fsp3) is 0.462. The zero-order valence-corrected chi connectivity index (χ0v) is 11.6. The summed E-state index contributed by atoms with van der Waals surface area (Å²) in [5.74, 6) is -0.186. The van der Waals surface area contributed by atoms with Gasteiger partial charge in [-0.05, 0) is 46.8 Å². The van der Waals surface area contributed by atoms with Gasteiger partial charge in [-0.3, -0.25) is 0 Å². The lowest BCUT2D eigenvalue weighted by atomic mass is 10.2. The highest BCUT2D eigenvalue weighted by molar-refractivity contribution is 9.10. The highest BCUT2D eigenvalue weighted by Crippen LogP contribution is 2.28. The first-order chi connectivity index (χ1) is 8.68. The summed E-state index contributed by atoms with van der Waals surface area (Å²) in [5, 5.41) is 12.2. The highest BCUT2D eigenvalue weighted by atomic mass is 79.9. The van der Waals surface area contributed by atoms with Gasteiger partial charge in [0, 0.05) is 23.3 Å². The van der Waals surface area contributed by atoms with E-state index in [9.17, 15) is 4.79 Å². The maximum atomic E-state index is 11.1. The Morgan fingerprint density at radius 3 is 2.94 bits per heavy atom. The van der Waals surface area contributed by atoms with E-state index >= 15 is 0 Å². The molecule has 0 atom stereocenters. The maximum absolute atomic E-state index is 11.1. The van der Waals surface area contributed by atoms with Gasteiger partial charge in [0.1, 0.15) is 0 Å². The van der Waals surface area contributed by atoms with Crippen molar-refractivity contribution < 1.29 is 14.6 Å². The van der Waals surface area contributed by atoms with Crippen LogP contribution >= 0.6 is 15.9 Å². The number of hydrogen-bond acceptors (Lipinski definition) is 3. The number of benzene rings is 1. The lowest BCUT2D eigenvalue weighted by Crippen LogP contribution is -2.13. The first kappa shape index (κ1) is 13.4. The molecule has 0 spiro atoms. The third-order valence-corrected chi connectivity index (χ3v) is 3.50. The summed E-state index contributed by atoms with van der Waals surface area (Å²) in [7, 11) is 0. The zero-order valence-electron chi connectivity index (χ0n) is 9.99. The Balaban J connectivity index is 1.83. The van der Waals surface area contributed by atoms with Crippen molar-refractivity contribution in [1.82, 2.24) is 0 Å². The number of carboxylic acids is 1. The number of carbonyl (C=O) groups is 1. The van der Waals surface area contributed by atoms with Crippen molar-refractivity contribution in [3.8, 4) is 0 Å². The third kappa shape index (κ3) is 3.71. The predicted octanol–water partition coefficient (Wildman–Crippen LogP) is 2.99. The van der Waals surface area contributed by atoms with Gasteiger partial charge in [0.05, 0.1) is 12.2 Å². The minimum absolute atomic E-state index is 0.264. The Hall–Kier alpha value is -1.07. The summed E-state index contributed by atoms with van der Waals surface area (Å²) in [5.41, 5.74) is 0.881. The average molecular weight is 314 g/mol. The summed E-state index contributed by atoms with van der Waals surface area (Å²) in [6, 6.07) is 5.29. The normalized spacial score (nSPS) is 14.5. The molecule has 1 fully saturated rings. The molecule has 0 amide bonds. The molecule has 0 unspecified atom stereocenters. The second kappa shape index (κ2) is 6.20. The van der Waals surface area contributed by atoms with E-state index in [2.05, 4.69) is 21.2 Å². The average Bonchev–Trinajstić information content (AvgIpc) is 3.12. The molecule has 5 heteroatoms. The van der Waals surface area contributed by atoms with Gasteiger partial charge in [-0.2, -0.15) is 0 Å². The Morgan fingerprint density at radius 2 is 2.28 bits per heavy atom. The SMILES string of the molecule is O=C(O)c1c(Br)cccc1NCCOCC1CC1. The number of rotatable bonds is 7. The van der Waals surface area contributed by atoms with Crippen LogP contribution in [0.4, 0.5) is 5.69 Å². The summed E-state index contributed by atoms with van der Waals surface area (Å²) in [4.78, 5) is 11.1. The van der Waals surface area contributed by atoms with Crippen molar-refractivity contribution in [3.05, 3.63) is 28.2 Å². The van der Waals surface area contributed by atoms with E-state index in [1.807, 2.05) is 6.07 Å². The van der Waals surface area contributed by atoms with Crippen LogP contribution in [0, 0.1) is 5.92 Å². The molecule has 2 N–H and O–H groups in total. The van der Waals surface area contributed by atoms with E-state index in [0.29, 0.717) is 23.3 Å². The number of aromatic carboxylic acids is 1. The van der Waals surface area contributed by atoms with E-state index in [4.69, 9.17) is 9.84 Å². The van der Waals surface area contributed by atoms with Crippen LogP contribution in [-0.2, 0) is 4.74 Å². The van der Waals surface area contributed by atoms with Gasteiger partial charge in [0.2, 0.25) is 0 Å². The van der Waals surface area contributed by atoms with E-state index < -0.39 is 5.97 Å². The Bertz CT molecular complexity index is 432. The number of nitrogens with one attached hydrogen (secondary N) is 1. The van der Waals surface area contributed by atoms with E-state index in [0.717, 1.165) is 12.5 Å². The number of halogens is 1. The van der Waals surface area contributed by atoms with E-state index in [-0.39, 0.29) is 5.56 Å². The fourth-order valence-electron chi connectivity index (χ4n) is 1.68. The number of hydrogen-bond donors (Lipinski definition) is 2. The van der Waals surface area contributed by atoms with Gasteiger partial charge in [-0.15, -0.1) is 0 Å². The molecular formula is C13H16BrNO3. The Labute approximate surface area is 114 Å². The molecule has 1 aromatic rings. The van der Waals surface area contributed by atoms with Crippen molar-refractivity contribution in [2.24, 2.45) is 5.92 Å². The van der Waals surface area contributed by atoms with Crippen LogP contribution in [-0.4, -0.2) is 30.8 Å². The molecule has 2 rings (SSSR count). The second-order valence-electron chi connectivity index (χ2n) is 4.41. The smallest absolute Gasteiger partial charge is 0.338 e. The van der Waals surface area contributed by atoms with Gasteiger partial charge in [-0.25, -0.2) is 4.79 Å². The van der Waals surface area contributed by atoms with Crippen LogP contribution in [0.3, 0.4) is 0 Å². The van der Waals surface area contributed by atoms with Gasteiger partial charge in [0.15, 0.2) is 0 Å². The molecule has 0 bridgehead atoms. The molecule has 1 aliphatic rings. The van der Waals surface area contributed by atoms with Gasteiger partial charge < -0.3 is 15.2 Å². The maximum Gasteiger partial charge on any atom is 0.338 e. The van der Waals surface area contributed by atoms with Crippen LogP contribution in [0.25, 0.3) is 0 Å². The molecule has 1 aliphatic carbocycles. The van der Waals surface area contributed by atoms with Crippen molar-refractivity contribution in [1.29, 1.82) is 0 Å². The van der Waals surface area contributed by atoms with Crippen LogP contribution in [0.5, 0.6) is 0 Å². The largest absolute Gasteiger partial charge is 0.478 e. The lowest BCUT2D eigenvalue weighted by Gasteiger charge is -2.11. The molecule has 18 heavy (non-hydrogen) atoms. The number of ether oxygens (including phenoxy) is 1. The standard InChI is InChI=1S/C13H16BrNO3/c14-10-2-1-3-11(12(10)13(16)17)15-6-7-18-8-9-4-5-9/h1-3,9,15H,4-8H2,(H,16,17). The quantitative estimate of drug-likeness (QED) is 0.760. The topological polar surface area (TPSA) is 58.6 Å². The third-order valence-electron chi connectivity index (χ3n) is 2.84. The summed E-state index contributed by atoms with van der Waals surface area (Å²) >= 11 is 3.25. The predicted molar refractivity (Wildman–Crippen MR) is 73.1 cm³/mol. The lowest BCUT2D eigenvalue weighted by molar-refractivity contribution is 0.0697. The van der Waals surface area contributed by atoms with Crippen LogP contribution in [0.2, 0.25) is 0 Å². The summed E-state index contributed by atoms with van der Waals surface area (Å²) in [6.07, 6.45) is 2.56. The molecule has 0 aromatic heterocycles. The molecule has 0 aliphatic heterocycles. The van der Waals surface area contributed by atoms with Crippen molar-refractivity contribution in [3.63, 3.8) is 0 Å². The van der Waals surface area contributed by atoms with Crippen LogP contribution < -0.4 is 5.32 Å². The fourth-order valence-corrected chi connectivity index (χ4v) is 2.22. The Morgan fingerprint density at radius 1 is 1.50 bits per heavy atom. The monoisotopic (exact) mass is 313 g/mol. The van der Waals surface area contributed by atoms with Crippen molar-refractivity contribution in [2.75, 3.05) is 25.1 Å². The minimum Gasteiger partial charge on any atom is -0.478 e. The molecule has 0 radical (unpaired) electrons. The zero-order chi connectivity index (χ0) is 13.0. The molecule has 0 heterocycles. The summed E-state index contributed by atoms with van der Waals surface area (Å²) < 4.78 is 6.07. The van der Waals surface area contributed by atoms with E-state index in [1.54, 1.807) is 12.1 Å². The number of anilines is 1. The Kier molecular flexibility index (Phi) is 4.60. The van der Waals surface area contributed by atoms with Crippen molar-refractivity contribution >= 4 is 27.6 Å². The molecule has 1 aromatic carbocycles. The highest BCUT2D eigenvalue weighted by Gasteiger charge is 2.20. The summed E-state index contributed by atoms with van der Waals surface area (Å²) in [6.45, 7) is 2.04. The van der Waals surface area contributed by atoms with Gasteiger partial charge >= 0.3 is 5.97 Å². The number of carboxylic acid groups (broad SMARTS) is 1. The van der Waals surface area contributed by atoms with Crippen LogP contribution in [0.1, 0.15) is 23.2 Å². The minimum atomic E-state index is -0.941. The van der Waals surface area contributed by atoms with Crippen molar-refractivity contribution in [2.45, 2.75) is 12.8 Å². The molecule has 98 valence electrons. The first-order valence-electron chi connectivity index (χ1n) is 6.02. The molecule has 0 saturated heterocycles. The molecular weight excluding hydrogens is 298 g/mol. The van der Waals surface area contributed by atoms with Crippen LogP contribution in [0.15, 0.2) is 22.7 Å². The first-order valence-corrected chi connectivity index (χ1v) is 6.81. The molecule has 4 nitrogen and oxygen atoms in total. The van der Waals surface area contributed by atoms with Gasteiger partial charge in [0.25, 0.3) is 0 Å².